The fraction of sp³-hybridized carbons (Fsp3) is 0.429. The van der Waals surface area contributed by atoms with Gasteiger partial charge in [-0.25, -0.2) is 4.68 Å². The summed E-state index contributed by atoms with van der Waals surface area (Å²) in [6.45, 7) is 11.5. The fourth-order valence-corrected chi connectivity index (χ4v) is 5.28. The summed E-state index contributed by atoms with van der Waals surface area (Å²) >= 11 is 6.31. The summed E-state index contributed by atoms with van der Waals surface area (Å²) in [6.07, 6.45) is 0.841. The maximum atomic E-state index is 13.6. The molecule has 9 nitrogen and oxygen atoms in total. The Balaban J connectivity index is 1.56. The van der Waals surface area contributed by atoms with E-state index in [2.05, 4.69) is 64.1 Å². The summed E-state index contributed by atoms with van der Waals surface area (Å²) < 4.78 is 7.23. The molecule has 0 saturated carbocycles. The van der Waals surface area contributed by atoms with Gasteiger partial charge in [0.2, 0.25) is 0 Å². The Labute approximate surface area is 227 Å². The maximum Gasteiger partial charge on any atom is 0.253 e. The summed E-state index contributed by atoms with van der Waals surface area (Å²) in [5.41, 5.74) is 3.21. The van der Waals surface area contributed by atoms with Gasteiger partial charge >= 0.3 is 0 Å². The largest absolute Gasteiger partial charge is 0.497 e. The summed E-state index contributed by atoms with van der Waals surface area (Å²) in [7, 11) is 1.61. The summed E-state index contributed by atoms with van der Waals surface area (Å²) in [5, 5.41) is 14.6. The number of hydrogen-bond acceptors (Lipinski definition) is 7. The predicted molar refractivity (Wildman–Crippen MR) is 150 cm³/mol. The number of fused-ring (bicyclic) bond motifs is 1. The van der Waals surface area contributed by atoms with E-state index in [0.29, 0.717) is 17.1 Å². The molecule has 0 amide bonds. The van der Waals surface area contributed by atoms with E-state index in [9.17, 15) is 4.79 Å². The van der Waals surface area contributed by atoms with Gasteiger partial charge in [-0.3, -0.25) is 9.69 Å². The smallest absolute Gasteiger partial charge is 0.253 e. The Hall–Kier alpha value is -3.43. The minimum absolute atomic E-state index is 0.160. The molecule has 2 aromatic heterocycles. The van der Waals surface area contributed by atoms with Crippen LogP contribution < -0.4 is 15.2 Å². The molecule has 10 heteroatoms. The fourth-order valence-electron chi connectivity index (χ4n) is 5.12. The molecule has 0 unspecified atom stereocenters. The van der Waals surface area contributed by atoms with Crippen LogP contribution in [0.2, 0.25) is 5.02 Å². The van der Waals surface area contributed by atoms with Crippen molar-refractivity contribution in [3.63, 3.8) is 0 Å². The van der Waals surface area contributed by atoms with E-state index >= 15 is 0 Å². The third kappa shape index (κ3) is 4.88. The molecule has 1 N–H and O–H groups in total. The van der Waals surface area contributed by atoms with Gasteiger partial charge < -0.3 is 14.6 Å². The van der Waals surface area contributed by atoms with E-state index in [0.717, 1.165) is 54.2 Å². The van der Waals surface area contributed by atoms with Crippen LogP contribution in [0.4, 0.5) is 5.69 Å². The molecule has 1 saturated heterocycles. The molecule has 4 aromatic rings. The highest BCUT2D eigenvalue weighted by atomic mass is 35.5. The van der Waals surface area contributed by atoms with Crippen LogP contribution in [0.3, 0.4) is 0 Å². The first-order valence-electron chi connectivity index (χ1n) is 13.0. The van der Waals surface area contributed by atoms with Crippen LogP contribution in [-0.4, -0.2) is 63.4 Å². The highest BCUT2D eigenvalue weighted by Gasteiger charge is 2.36. The molecule has 0 bridgehead atoms. The lowest BCUT2D eigenvalue weighted by molar-refractivity contribution is 0.186. The van der Waals surface area contributed by atoms with Gasteiger partial charge in [0.05, 0.1) is 18.2 Å². The number of hydrogen-bond donors (Lipinski definition) is 1. The Kier molecular flexibility index (Phi) is 7.15. The number of tetrazole rings is 1. The first-order valence-corrected chi connectivity index (χ1v) is 13.3. The van der Waals surface area contributed by atoms with Crippen molar-refractivity contribution in [3.8, 4) is 5.75 Å². The number of aryl methyl sites for hydroxylation is 1. The van der Waals surface area contributed by atoms with Crippen molar-refractivity contribution in [2.24, 2.45) is 0 Å². The molecule has 5 rings (SSSR count). The van der Waals surface area contributed by atoms with Crippen LogP contribution in [-0.2, 0) is 5.54 Å². The van der Waals surface area contributed by atoms with E-state index < -0.39 is 6.04 Å². The van der Waals surface area contributed by atoms with Crippen LogP contribution >= 0.6 is 11.6 Å². The zero-order valence-corrected chi connectivity index (χ0v) is 23.3. The standard InChI is InChI=1S/C28H34ClN7O2/c1-6-28(3,4)36-26(31-32-33-36)25(22-15-19-8-10-21(38-5)17-23(19)30-27(22)37)35-13-11-34(12-14-35)24-16-20(29)9-7-18(24)2/h7-10,15-17,25H,6,11-14H2,1-5H3,(H,30,37)/t25-/m1/s1. The van der Waals surface area contributed by atoms with Gasteiger partial charge in [0.15, 0.2) is 5.82 Å². The molecular formula is C28H34ClN7O2. The van der Waals surface area contributed by atoms with Gasteiger partial charge in [-0.15, -0.1) is 5.10 Å². The van der Waals surface area contributed by atoms with Gasteiger partial charge in [0.25, 0.3) is 5.56 Å². The summed E-state index contributed by atoms with van der Waals surface area (Å²) in [4.78, 5) is 21.3. The number of ether oxygens (including phenoxy) is 1. The Bertz CT molecular complexity index is 1500. The number of benzene rings is 2. The topological polar surface area (TPSA) is 92.2 Å². The molecule has 0 spiro atoms. The minimum Gasteiger partial charge on any atom is -0.497 e. The molecule has 38 heavy (non-hydrogen) atoms. The normalized spacial score (nSPS) is 15.7. The molecule has 2 aromatic carbocycles. The second-order valence-electron chi connectivity index (χ2n) is 10.5. The lowest BCUT2D eigenvalue weighted by atomic mass is 9.98. The highest BCUT2D eigenvalue weighted by molar-refractivity contribution is 6.30. The van der Waals surface area contributed by atoms with Crippen molar-refractivity contribution in [2.45, 2.75) is 45.7 Å². The number of piperazine rings is 1. The second-order valence-corrected chi connectivity index (χ2v) is 10.9. The van der Waals surface area contributed by atoms with Gasteiger partial charge in [-0.1, -0.05) is 24.6 Å². The quantitative estimate of drug-likeness (QED) is 0.371. The second kappa shape index (κ2) is 10.4. The number of aromatic nitrogens is 5. The SMILES string of the molecule is CCC(C)(C)n1nnnc1[C@@H](c1cc2ccc(OC)cc2[nH]c1=O)N1CCN(c2cc(Cl)ccc2C)CC1. The first-order chi connectivity index (χ1) is 18.2. The Morgan fingerprint density at radius 3 is 2.58 bits per heavy atom. The van der Waals surface area contributed by atoms with Crippen molar-refractivity contribution < 1.29 is 4.74 Å². The molecule has 1 aliphatic rings. The van der Waals surface area contributed by atoms with Crippen molar-refractivity contribution >= 4 is 28.2 Å². The average Bonchev–Trinajstić information content (AvgIpc) is 3.41. The highest BCUT2D eigenvalue weighted by Crippen LogP contribution is 2.33. The average molecular weight is 536 g/mol. The lowest BCUT2D eigenvalue weighted by Crippen LogP contribution is -2.49. The number of methoxy groups -OCH3 is 1. The number of nitrogens with one attached hydrogen (secondary N) is 1. The van der Waals surface area contributed by atoms with Crippen LogP contribution in [0, 0.1) is 6.92 Å². The number of nitrogens with zero attached hydrogens (tertiary/aromatic N) is 6. The van der Waals surface area contributed by atoms with Crippen molar-refractivity contribution in [3.05, 3.63) is 74.8 Å². The van der Waals surface area contributed by atoms with Crippen molar-refractivity contribution in [1.82, 2.24) is 30.1 Å². The zero-order valence-electron chi connectivity index (χ0n) is 22.5. The van der Waals surface area contributed by atoms with Gasteiger partial charge in [-0.2, -0.15) is 0 Å². The Morgan fingerprint density at radius 1 is 1.11 bits per heavy atom. The van der Waals surface area contributed by atoms with Crippen LogP contribution in [0.25, 0.3) is 10.9 Å². The van der Waals surface area contributed by atoms with Crippen LogP contribution in [0.1, 0.15) is 50.2 Å². The zero-order chi connectivity index (χ0) is 27.0. The molecular weight excluding hydrogens is 502 g/mol. The third-order valence-corrected chi connectivity index (χ3v) is 7.98. The van der Waals surface area contributed by atoms with Crippen molar-refractivity contribution in [1.29, 1.82) is 0 Å². The number of anilines is 1. The molecule has 1 atom stereocenters. The van der Waals surface area contributed by atoms with Gasteiger partial charge in [-0.05, 0) is 78.9 Å². The summed E-state index contributed by atoms with van der Waals surface area (Å²) in [5.74, 6) is 1.36. The number of rotatable bonds is 7. The summed E-state index contributed by atoms with van der Waals surface area (Å²) in [6, 6.07) is 13.3. The number of H-pyrrole nitrogens is 1. The van der Waals surface area contributed by atoms with E-state index in [1.54, 1.807) is 7.11 Å². The molecule has 3 heterocycles. The van der Waals surface area contributed by atoms with Gasteiger partial charge in [0, 0.05) is 48.5 Å². The van der Waals surface area contributed by atoms with Crippen molar-refractivity contribution in [2.75, 3.05) is 38.2 Å². The molecule has 200 valence electrons. The maximum absolute atomic E-state index is 13.6. The number of pyridine rings is 1. The van der Waals surface area contributed by atoms with E-state index in [4.69, 9.17) is 16.3 Å². The Morgan fingerprint density at radius 2 is 1.87 bits per heavy atom. The van der Waals surface area contributed by atoms with Crippen LogP contribution in [0.15, 0.2) is 47.3 Å². The first kappa shape index (κ1) is 26.2. The molecule has 1 aliphatic heterocycles. The molecule has 0 radical (unpaired) electrons. The monoisotopic (exact) mass is 535 g/mol. The number of halogens is 1. The third-order valence-electron chi connectivity index (χ3n) is 7.74. The lowest BCUT2D eigenvalue weighted by Gasteiger charge is -2.40. The van der Waals surface area contributed by atoms with E-state index in [1.165, 1.54) is 5.56 Å². The number of aromatic amines is 1. The minimum atomic E-state index is -0.409. The van der Waals surface area contributed by atoms with Crippen LogP contribution in [0.5, 0.6) is 5.75 Å². The van der Waals surface area contributed by atoms with E-state index in [1.807, 2.05) is 41.1 Å². The van der Waals surface area contributed by atoms with E-state index in [-0.39, 0.29) is 11.1 Å². The predicted octanol–water partition coefficient (Wildman–Crippen LogP) is 4.54. The molecule has 1 fully saturated rings. The van der Waals surface area contributed by atoms with Gasteiger partial charge in [0.1, 0.15) is 11.8 Å². The molecule has 0 aliphatic carbocycles.